The minimum absolute atomic E-state index is 0.0818. The Hall–Kier alpha value is -1.14. The third kappa shape index (κ3) is 4.28. The summed E-state index contributed by atoms with van der Waals surface area (Å²) in [5.41, 5.74) is 0. The lowest BCUT2D eigenvalue weighted by molar-refractivity contribution is 0.175. The van der Waals surface area contributed by atoms with Crippen molar-refractivity contribution in [3.63, 3.8) is 0 Å². The summed E-state index contributed by atoms with van der Waals surface area (Å²) in [7, 11) is -3.15. The van der Waals surface area contributed by atoms with E-state index in [1.165, 1.54) is 12.1 Å². The molecule has 0 saturated heterocycles. The Labute approximate surface area is 149 Å². The lowest BCUT2D eigenvalue weighted by atomic mass is 10.2. The van der Waals surface area contributed by atoms with Crippen LogP contribution in [-0.4, -0.2) is 32.0 Å². The first-order valence-electron chi connectivity index (χ1n) is 7.85. The molecule has 2 amide bonds. The van der Waals surface area contributed by atoms with Gasteiger partial charge in [0.2, 0.25) is 0 Å². The molecule has 0 aliphatic rings. The van der Waals surface area contributed by atoms with Crippen LogP contribution < -0.4 is 0 Å². The molecule has 0 unspecified atom stereocenters. The van der Waals surface area contributed by atoms with Gasteiger partial charge in [-0.15, -0.1) is 4.36 Å². The number of rotatable bonds is 3. The summed E-state index contributed by atoms with van der Waals surface area (Å²) in [4.78, 5) is 14.5. The molecule has 136 valence electrons. The molecule has 0 saturated carbocycles. The average molecular weight is 377 g/mol. The van der Waals surface area contributed by atoms with Gasteiger partial charge < -0.3 is 4.90 Å². The largest absolute Gasteiger partial charge is 0.352 e. The van der Waals surface area contributed by atoms with Crippen molar-refractivity contribution in [3.8, 4) is 0 Å². The first kappa shape index (κ1) is 20.9. The SMILES string of the molecule is CC(C)N(C(=O)N=[S@](=O)(c1ccc(F)c(Cl)c1)C(C)(C)C)C(C)C. The second kappa shape index (κ2) is 7.40. The smallest absolute Gasteiger partial charge is 0.318 e. The van der Waals surface area contributed by atoms with Crippen molar-refractivity contribution in [2.24, 2.45) is 4.36 Å². The van der Waals surface area contributed by atoms with Gasteiger partial charge in [-0.25, -0.2) is 13.4 Å². The normalized spacial score (nSPS) is 14.6. The van der Waals surface area contributed by atoms with Crippen molar-refractivity contribution >= 4 is 27.4 Å². The Morgan fingerprint density at radius 3 is 2.08 bits per heavy atom. The van der Waals surface area contributed by atoms with Crippen molar-refractivity contribution in [1.82, 2.24) is 4.90 Å². The summed E-state index contributed by atoms with van der Waals surface area (Å²) < 4.78 is 30.4. The molecule has 0 aliphatic carbocycles. The number of carbonyl (C=O) groups excluding carboxylic acids is 1. The molecule has 0 spiro atoms. The highest BCUT2D eigenvalue weighted by atomic mass is 35.5. The van der Waals surface area contributed by atoms with Crippen LogP contribution in [0.2, 0.25) is 5.02 Å². The molecule has 7 heteroatoms. The van der Waals surface area contributed by atoms with Crippen LogP contribution in [0.1, 0.15) is 48.5 Å². The summed E-state index contributed by atoms with van der Waals surface area (Å²) in [6, 6.07) is 3.10. The van der Waals surface area contributed by atoms with E-state index in [0.29, 0.717) is 0 Å². The number of nitrogens with zero attached hydrogens (tertiary/aromatic N) is 2. The predicted octanol–water partition coefficient (Wildman–Crippen LogP) is 5.34. The molecule has 0 N–H and O–H groups in total. The van der Waals surface area contributed by atoms with Gasteiger partial charge in [0, 0.05) is 12.1 Å². The van der Waals surface area contributed by atoms with Gasteiger partial charge in [0.15, 0.2) is 0 Å². The van der Waals surface area contributed by atoms with Crippen LogP contribution in [0.4, 0.5) is 9.18 Å². The Morgan fingerprint density at radius 1 is 1.21 bits per heavy atom. The highest BCUT2D eigenvalue weighted by molar-refractivity contribution is 7.95. The van der Waals surface area contributed by atoms with E-state index in [9.17, 15) is 13.4 Å². The van der Waals surface area contributed by atoms with Gasteiger partial charge in [0.1, 0.15) is 5.82 Å². The zero-order valence-corrected chi connectivity index (χ0v) is 16.8. The molecule has 1 aromatic carbocycles. The number of carbonyl (C=O) groups is 1. The van der Waals surface area contributed by atoms with Gasteiger partial charge in [-0.3, -0.25) is 0 Å². The van der Waals surface area contributed by atoms with Crippen LogP contribution in [0.15, 0.2) is 27.5 Å². The second-order valence-corrected chi connectivity index (χ2v) is 10.5. The lowest BCUT2D eigenvalue weighted by Gasteiger charge is -2.31. The minimum atomic E-state index is -3.15. The second-order valence-electron chi connectivity index (χ2n) is 7.18. The maximum atomic E-state index is 13.6. The molecule has 0 heterocycles. The molecule has 0 bridgehead atoms. The predicted molar refractivity (Wildman–Crippen MR) is 97.5 cm³/mol. The molecule has 1 atom stereocenters. The number of amides is 2. The fourth-order valence-electron chi connectivity index (χ4n) is 2.39. The fraction of sp³-hybridized carbons (Fsp3) is 0.588. The summed E-state index contributed by atoms with van der Waals surface area (Å²) in [5, 5.41) is -0.142. The first-order chi connectivity index (χ1) is 10.8. The monoisotopic (exact) mass is 376 g/mol. The summed E-state index contributed by atoms with van der Waals surface area (Å²) >= 11 is 5.83. The Morgan fingerprint density at radius 2 is 1.71 bits per heavy atom. The fourth-order valence-corrected chi connectivity index (χ4v) is 4.56. The van der Waals surface area contributed by atoms with Crippen molar-refractivity contribution in [3.05, 3.63) is 29.0 Å². The molecule has 24 heavy (non-hydrogen) atoms. The number of urea groups is 1. The third-order valence-corrected chi connectivity index (χ3v) is 6.84. The van der Waals surface area contributed by atoms with Crippen LogP contribution in [0.25, 0.3) is 0 Å². The van der Waals surface area contributed by atoms with Crippen LogP contribution in [0.5, 0.6) is 0 Å². The average Bonchev–Trinajstić information content (AvgIpc) is 2.39. The lowest BCUT2D eigenvalue weighted by Crippen LogP contribution is -2.41. The van der Waals surface area contributed by atoms with Gasteiger partial charge in [0.25, 0.3) is 0 Å². The number of benzene rings is 1. The first-order valence-corrected chi connectivity index (χ1v) is 9.74. The molecule has 0 aromatic heterocycles. The van der Waals surface area contributed by atoms with E-state index in [-0.39, 0.29) is 22.0 Å². The standard InChI is InChI=1S/C17H26ClFN2O2S/c1-11(2)21(12(3)4)16(22)20-24(23,17(5,6)7)13-8-9-15(19)14(18)10-13/h8-12H,1-7H3/t24-/m0/s1. The molecule has 1 rings (SSSR count). The van der Waals surface area contributed by atoms with Gasteiger partial charge in [-0.2, -0.15) is 0 Å². The van der Waals surface area contributed by atoms with Gasteiger partial charge in [0.05, 0.1) is 24.4 Å². The number of halogens is 2. The zero-order chi connectivity index (χ0) is 18.9. The van der Waals surface area contributed by atoms with E-state index in [1.807, 2.05) is 27.7 Å². The van der Waals surface area contributed by atoms with E-state index in [1.54, 1.807) is 25.7 Å². The minimum Gasteiger partial charge on any atom is -0.318 e. The molecule has 0 radical (unpaired) electrons. The molecule has 4 nitrogen and oxygen atoms in total. The van der Waals surface area contributed by atoms with E-state index in [0.717, 1.165) is 6.07 Å². The molecular formula is C17H26ClFN2O2S. The zero-order valence-electron chi connectivity index (χ0n) is 15.3. The third-order valence-electron chi connectivity index (χ3n) is 3.58. The molecule has 0 aliphatic heterocycles. The van der Waals surface area contributed by atoms with E-state index < -0.39 is 26.3 Å². The van der Waals surface area contributed by atoms with E-state index >= 15 is 0 Å². The Balaban J connectivity index is 3.60. The summed E-state index contributed by atoms with van der Waals surface area (Å²) in [6.07, 6.45) is 0. The van der Waals surface area contributed by atoms with Crippen LogP contribution in [0.3, 0.4) is 0 Å². The Bertz CT molecular complexity index is 725. The summed E-state index contributed by atoms with van der Waals surface area (Å²) in [5.74, 6) is -0.603. The van der Waals surface area contributed by atoms with Gasteiger partial charge in [-0.1, -0.05) is 11.6 Å². The van der Waals surface area contributed by atoms with Gasteiger partial charge >= 0.3 is 6.03 Å². The molecule has 0 fully saturated rings. The quantitative estimate of drug-likeness (QED) is 0.714. The topological polar surface area (TPSA) is 49.7 Å². The summed E-state index contributed by atoms with van der Waals surface area (Å²) in [6.45, 7) is 12.7. The molecular weight excluding hydrogens is 351 g/mol. The Kier molecular flexibility index (Phi) is 6.44. The number of hydrogen-bond donors (Lipinski definition) is 0. The van der Waals surface area contributed by atoms with Crippen LogP contribution >= 0.6 is 11.6 Å². The maximum Gasteiger partial charge on any atom is 0.352 e. The highest BCUT2D eigenvalue weighted by Gasteiger charge is 2.32. The highest BCUT2D eigenvalue weighted by Crippen LogP contribution is 2.31. The van der Waals surface area contributed by atoms with Crippen LogP contribution in [-0.2, 0) is 9.73 Å². The molecule has 1 aromatic rings. The van der Waals surface area contributed by atoms with Crippen molar-refractivity contribution in [2.75, 3.05) is 0 Å². The van der Waals surface area contributed by atoms with Crippen molar-refractivity contribution < 1.29 is 13.4 Å². The van der Waals surface area contributed by atoms with Crippen LogP contribution in [0, 0.1) is 5.82 Å². The van der Waals surface area contributed by atoms with Gasteiger partial charge in [-0.05, 0) is 66.7 Å². The van der Waals surface area contributed by atoms with Crippen molar-refractivity contribution in [1.29, 1.82) is 0 Å². The van der Waals surface area contributed by atoms with E-state index in [2.05, 4.69) is 4.36 Å². The van der Waals surface area contributed by atoms with E-state index in [4.69, 9.17) is 11.6 Å². The number of hydrogen-bond acceptors (Lipinski definition) is 2. The van der Waals surface area contributed by atoms with Crippen molar-refractivity contribution in [2.45, 2.75) is 70.2 Å². The maximum absolute atomic E-state index is 13.6.